The molecule has 1 aromatic carbocycles. The number of hydrogen-bond donors (Lipinski definition) is 0. The summed E-state index contributed by atoms with van der Waals surface area (Å²) in [6.45, 7) is 6.29. The van der Waals surface area contributed by atoms with Crippen molar-refractivity contribution in [1.29, 1.82) is 0 Å². The number of anilines is 1. The van der Waals surface area contributed by atoms with Crippen LogP contribution < -0.4 is 4.90 Å². The maximum atomic E-state index is 12.1. The predicted octanol–water partition coefficient (Wildman–Crippen LogP) is 6.64. The first-order chi connectivity index (χ1) is 16.2. The summed E-state index contributed by atoms with van der Waals surface area (Å²) in [5.74, 6) is 1.62. The van der Waals surface area contributed by atoms with Gasteiger partial charge in [0, 0.05) is 49.2 Å². The Labute approximate surface area is 215 Å². The fourth-order valence-corrected chi connectivity index (χ4v) is 6.86. The predicted molar refractivity (Wildman–Crippen MR) is 142 cm³/mol. The van der Waals surface area contributed by atoms with E-state index in [-0.39, 0.29) is 4.75 Å². The standard InChI is InChI=1S/C26H32Cl2N4OS/c1-25(2,34(3)33)15-18-7-8-26(16-18)9-12-31(13-10-26)24-30-17-20(23-29-11-14-32(23)24)19-5-4-6-21(27)22(19)28/h4-6,11,14,17-18H,7-10,12-13,15-16H2,1-3H3/t18?,34-/m0/s1. The Kier molecular flexibility index (Phi) is 6.56. The van der Waals surface area contributed by atoms with Crippen LogP contribution in [0, 0.1) is 11.3 Å². The minimum atomic E-state index is -0.788. The molecule has 8 heteroatoms. The van der Waals surface area contributed by atoms with Gasteiger partial charge in [0.1, 0.15) is 10.4 Å². The van der Waals surface area contributed by atoms with Gasteiger partial charge in [0.2, 0.25) is 5.95 Å². The van der Waals surface area contributed by atoms with Crippen LogP contribution in [0.25, 0.3) is 16.8 Å². The average molecular weight is 520 g/mol. The molecule has 2 fully saturated rings. The van der Waals surface area contributed by atoms with Crippen LogP contribution in [0.4, 0.5) is 5.95 Å². The number of imidazole rings is 1. The molecule has 1 aliphatic carbocycles. The second-order valence-corrected chi connectivity index (χ2v) is 13.5. The third kappa shape index (κ3) is 4.43. The molecule has 5 rings (SSSR count). The van der Waals surface area contributed by atoms with E-state index in [1.165, 1.54) is 32.1 Å². The molecule has 2 aliphatic rings. The molecule has 1 saturated heterocycles. The topological polar surface area (TPSA) is 56.5 Å². The molecule has 0 amide bonds. The van der Waals surface area contributed by atoms with E-state index in [4.69, 9.17) is 28.2 Å². The molecule has 1 unspecified atom stereocenters. The quantitative estimate of drug-likeness (QED) is 0.355. The lowest BCUT2D eigenvalue weighted by molar-refractivity contribution is 0.212. The number of fused-ring (bicyclic) bond motifs is 1. The van der Waals surface area contributed by atoms with Crippen molar-refractivity contribution in [2.45, 2.75) is 57.1 Å². The second kappa shape index (κ2) is 9.20. The highest BCUT2D eigenvalue weighted by molar-refractivity contribution is 7.92. The van der Waals surface area contributed by atoms with Crippen molar-refractivity contribution in [3.8, 4) is 11.1 Å². The van der Waals surface area contributed by atoms with Crippen LogP contribution in [0.2, 0.25) is 10.0 Å². The summed E-state index contributed by atoms with van der Waals surface area (Å²) in [6.07, 6.45) is 14.7. The van der Waals surface area contributed by atoms with E-state index in [0.717, 1.165) is 42.2 Å². The molecular formula is C26H32Cl2N4OS. The van der Waals surface area contributed by atoms with E-state index in [1.807, 2.05) is 37.0 Å². The van der Waals surface area contributed by atoms with Gasteiger partial charge in [0.15, 0.2) is 0 Å². The minimum Gasteiger partial charge on any atom is -0.616 e. The van der Waals surface area contributed by atoms with E-state index in [9.17, 15) is 4.55 Å². The van der Waals surface area contributed by atoms with Crippen LogP contribution >= 0.6 is 23.2 Å². The third-order valence-corrected chi connectivity index (χ3v) is 10.7. The molecule has 2 aromatic heterocycles. The molecule has 0 radical (unpaired) electrons. The molecule has 182 valence electrons. The van der Waals surface area contributed by atoms with Crippen molar-refractivity contribution >= 4 is 46.0 Å². The molecule has 2 atom stereocenters. The number of piperidine rings is 1. The number of halogens is 2. The second-order valence-electron chi connectivity index (χ2n) is 10.7. The highest BCUT2D eigenvalue weighted by Gasteiger charge is 2.44. The van der Waals surface area contributed by atoms with E-state index >= 15 is 0 Å². The zero-order chi connectivity index (χ0) is 24.1. The summed E-state index contributed by atoms with van der Waals surface area (Å²) >= 11 is 12.0. The summed E-state index contributed by atoms with van der Waals surface area (Å²) in [4.78, 5) is 11.9. The van der Waals surface area contributed by atoms with Gasteiger partial charge in [-0.1, -0.05) is 46.5 Å². The third-order valence-electron chi connectivity index (χ3n) is 8.12. The Bertz CT molecular complexity index is 1190. The van der Waals surface area contributed by atoms with Crippen molar-refractivity contribution < 1.29 is 4.55 Å². The molecule has 3 heterocycles. The molecule has 3 aromatic rings. The van der Waals surface area contributed by atoms with E-state index in [1.54, 1.807) is 6.07 Å². The van der Waals surface area contributed by atoms with Gasteiger partial charge in [0.05, 0.1) is 16.3 Å². The van der Waals surface area contributed by atoms with Gasteiger partial charge in [-0.25, -0.2) is 9.97 Å². The van der Waals surface area contributed by atoms with Crippen LogP contribution in [-0.4, -0.2) is 43.0 Å². The number of benzene rings is 1. The van der Waals surface area contributed by atoms with E-state index in [2.05, 4.69) is 28.1 Å². The number of aromatic nitrogens is 3. The summed E-state index contributed by atoms with van der Waals surface area (Å²) in [5, 5.41) is 1.05. The Morgan fingerprint density at radius 1 is 1.15 bits per heavy atom. The minimum absolute atomic E-state index is 0.0958. The van der Waals surface area contributed by atoms with Gasteiger partial charge in [-0.3, -0.25) is 4.40 Å². The number of nitrogens with zero attached hydrogens (tertiary/aromatic N) is 4. The molecule has 5 nitrogen and oxygen atoms in total. The van der Waals surface area contributed by atoms with Gasteiger partial charge >= 0.3 is 0 Å². The van der Waals surface area contributed by atoms with Gasteiger partial charge in [-0.15, -0.1) is 0 Å². The SMILES string of the molecule is C[S@+]([O-])C(C)(C)CC1CCC2(CCN(c3ncc(-c4cccc(Cl)c4Cl)c4nccn34)CC2)C1. The molecule has 1 aliphatic heterocycles. The molecule has 34 heavy (non-hydrogen) atoms. The Balaban J connectivity index is 1.33. The Morgan fingerprint density at radius 2 is 1.91 bits per heavy atom. The highest BCUT2D eigenvalue weighted by Crippen LogP contribution is 2.51. The maximum Gasteiger partial charge on any atom is 0.211 e. The normalized spacial score (nSPS) is 21.5. The Hall–Kier alpha value is -1.47. The highest BCUT2D eigenvalue weighted by atomic mass is 35.5. The van der Waals surface area contributed by atoms with Gasteiger partial charge in [-0.2, -0.15) is 0 Å². The molecule has 0 N–H and O–H groups in total. The van der Waals surface area contributed by atoms with Crippen LogP contribution in [-0.2, 0) is 11.2 Å². The monoisotopic (exact) mass is 518 g/mol. The smallest absolute Gasteiger partial charge is 0.211 e. The van der Waals surface area contributed by atoms with Crippen molar-refractivity contribution in [1.82, 2.24) is 14.4 Å². The van der Waals surface area contributed by atoms with Crippen molar-refractivity contribution in [3.63, 3.8) is 0 Å². The molecule has 0 bridgehead atoms. The lowest BCUT2D eigenvalue weighted by atomic mass is 9.76. The van der Waals surface area contributed by atoms with E-state index in [0.29, 0.717) is 21.4 Å². The maximum absolute atomic E-state index is 12.1. The lowest BCUT2D eigenvalue weighted by Crippen LogP contribution is -2.40. The first kappa shape index (κ1) is 24.2. The number of hydrogen-bond acceptors (Lipinski definition) is 4. The fraction of sp³-hybridized carbons (Fsp3) is 0.538. The van der Waals surface area contributed by atoms with Crippen molar-refractivity contribution in [3.05, 3.63) is 46.8 Å². The first-order valence-corrected chi connectivity index (χ1v) is 14.4. The molecule has 1 spiro atoms. The largest absolute Gasteiger partial charge is 0.616 e. The van der Waals surface area contributed by atoms with Gasteiger partial charge in [0.25, 0.3) is 0 Å². The van der Waals surface area contributed by atoms with Gasteiger partial charge in [-0.05, 0) is 63.4 Å². The summed E-state index contributed by atoms with van der Waals surface area (Å²) in [6, 6.07) is 5.64. The van der Waals surface area contributed by atoms with Crippen molar-refractivity contribution in [2.75, 3.05) is 24.2 Å². The first-order valence-electron chi connectivity index (χ1n) is 12.0. The summed E-state index contributed by atoms with van der Waals surface area (Å²) in [5.41, 5.74) is 2.99. The summed E-state index contributed by atoms with van der Waals surface area (Å²) in [7, 11) is 0. The lowest BCUT2D eigenvalue weighted by Gasteiger charge is -2.40. The fourth-order valence-electron chi connectivity index (χ4n) is 5.99. The van der Waals surface area contributed by atoms with Crippen LogP contribution in [0.3, 0.4) is 0 Å². The van der Waals surface area contributed by atoms with Crippen LogP contribution in [0.15, 0.2) is 36.8 Å². The number of rotatable bonds is 5. The molecular weight excluding hydrogens is 487 g/mol. The van der Waals surface area contributed by atoms with E-state index < -0.39 is 11.2 Å². The van der Waals surface area contributed by atoms with Crippen molar-refractivity contribution in [2.24, 2.45) is 11.3 Å². The van der Waals surface area contributed by atoms with Gasteiger partial charge < -0.3 is 9.45 Å². The van der Waals surface area contributed by atoms with Crippen LogP contribution in [0.1, 0.15) is 52.4 Å². The average Bonchev–Trinajstić information content (AvgIpc) is 3.43. The Morgan fingerprint density at radius 3 is 2.65 bits per heavy atom. The zero-order valence-electron chi connectivity index (χ0n) is 20.1. The summed E-state index contributed by atoms with van der Waals surface area (Å²) < 4.78 is 14.1. The van der Waals surface area contributed by atoms with Crippen LogP contribution in [0.5, 0.6) is 0 Å². The molecule has 1 saturated carbocycles. The zero-order valence-corrected chi connectivity index (χ0v) is 22.4.